The van der Waals surface area contributed by atoms with Gasteiger partial charge in [0.05, 0.1) is 0 Å². The number of nitrogens with two attached hydrogens (primary N) is 1. The van der Waals surface area contributed by atoms with Crippen LogP contribution in [-0.2, 0) is 0 Å². The van der Waals surface area contributed by atoms with Crippen LogP contribution in [0.2, 0.25) is 0 Å². The molecule has 1 heteroatoms. The van der Waals surface area contributed by atoms with Gasteiger partial charge >= 0.3 is 0 Å². The first kappa shape index (κ1) is 14.0. The Hall–Kier alpha value is -0.0400. The highest BCUT2D eigenvalue weighted by atomic mass is 14.8. The summed E-state index contributed by atoms with van der Waals surface area (Å²) in [6, 6.07) is 0. The molecule has 0 saturated heterocycles. The predicted octanol–water partition coefficient (Wildman–Crippen LogP) is 3.97. The fourth-order valence-electron chi connectivity index (χ4n) is 2.65. The molecule has 0 aromatic rings. The molecular weight excluding hydrogens is 170 g/mol. The van der Waals surface area contributed by atoms with E-state index >= 15 is 0 Å². The molecule has 0 radical (unpaired) electrons. The second-order valence-electron chi connectivity index (χ2n) is 6.45. The zero-order chi connectivity index (χ0) is 11.6. The van der Waals surface area contributed by atoms with E-state index in [1.165, 1.54) is 19.3 Å². The highest BCUT2D eigenvalue weighted by molar-refractivity contribution is 4.97. The minimum absolute atomic E-state index is 0.0796. The minimum Gasteiger partial charge on any atom is -0.325 e. The molecule has 0 aromatic carbocycles. The molecule has 0 aliphatic carbocycles. The summed E-state index contributed by atoms with van der Waals surface area (Å²) in [6.45, 7) is 15.8. The van der Waals surface area contributed by atoms with Crippen molar-refractivity contribution >= 4 is 0 Å². The van der Waals surface area contributed by atoms with E-state index in [1.807, 2.05) is 0 Å². The lowest BCUT2D eigenvalue weighted by Gasteiger charge is -2.47. The van der Waals surface area contributed by atoms with Gasteiger partial charge in [-0.3, -0.25) is 0 Å². The van der Waals surface area contributed by atoms with Gasteiger partial charge in [0.15, 0.2) is 0 Å². The third-order valence-corrected chi connectivity index (χ3v) is 3.59. The normalized spacial score (nSPS) is 14.6. The Labute approximate surface area is 90.5 Å². The Balaban J connectivity index is 4.91. The van der Waals surface area contributed by atoms with Gasteiger partial charge in [0.25, 0.3) is 0 Å². The lowest BCUT2D eigenvalue weighted by Crippen LogP contribution is -2.51. The molecule has 86 valence electrons. The van der Waals surface area contributed by atoms with Crippen molar-refractivity contribution in [2.45, 2.75) is 73.3 Å². The fraction of sp³-hybridized carbons (Fsp3) is 1.00. The second-order valence-corrected chi connectivity index (χ2v) is 6.45. The molecule has 14 heavy (non-hydrogen) atoms. The SMILES string of the molecule is CCC(CC)(CC(C)(C)C)C(C)(C)N. The van der Waals surface area contributed by atoms with Crippen LogP contribution in [0, 0.1) is 10.8 Å². The molecule has 0 aromatic heterocycles. The maximum absolute atomic E-state index is 6.34. The molecule has 0 amide bonds. The van der Waals surface area contributed by atoms with Gasteiger partial charge in [0.2, 0.25) is 0 Å². The summed E-state index contributed by atoms with van der Waals surface area (Å²) in [6.07, 6.45) is 3.55. The van der Waals surface area contributed by atoms with Crippen molar-refractivity contribution in [1.82, 2.24) is 0 Å². The summed E-state index contributed by atoms with van der Waals surface area (Å²) >= 11 is 0. The van der Waals surface area contributed by atoms with Crippen LogP contribution in [0.1, 0.15) is 67.7 Å². The maximum Gasteiger partial charge on any atom is 0.0154 e. The van der Waals surface area contributed by atoms with E-state index in [-0.39, 0.29) is 11.0 Å². The van der Waals surface area contributed by atoms with Gasteiger partial charge in [-0.05, 0) is 43.9 Å². The van der Waals surface area contributed by atoms with Crippen molar-refractivity contribution in [1.29, 1.82) is 0 Å². The summed E-state index contributed by atoms with van der Waals surface area (Å²) in [5.41, 5.74) is 6.91. The third-order valence-electron chi connectivity index (χ3n) is 3.59. The van der Waals surface area contributed by atoms with Crippen molar-refractivity contribution in [2.24, 2.45) is 16.6 Å². The van der Waals surface area contributed by atoms with Crippen molar-refractivity contribution in [2.75, 3.05) is 0 Å². The van der Waals surface area contributed by atoms with Crippen LogP contribution >= 0.6 is 0 Å². The Bertz CT molecular complexity index is 165. The number of rotatable bonds is 4. The number of hydrogen-bond acceptors (Lipinski definition) is 1. The fourth-order valence-corrected chi connectivity index (χ4v) is 2.65. The van der Waals surface area contributed by atoms with Crippen LogP contribution in [-0.4, -0.2) is 5.54 Å². The van der Waals surface area contributed by atoms with Gasteiger partial charge in [-0.2, -0.15) is 0 Å². The quantitative estimate of drug-likeness (QED) is 0.728. The van der Waals surface area contributed by atoms with E-state index in [0.29, 0.717) is 5.41 Å². The first-order chi connectivity index (χ1) is 6.08. The monoisotopic (exact) mass is 199 g/mol. The van der Waals surface area contributed by atoms with Crippen molar-refractivity contribution in [3.8, 4) is 0 Å². The van der Waals surface area contributed by atoms with E-state index in [4.69, 9.17) is 5.73 Å². The van der Waals surface area contributed by atoms with Gasteiger partial charge in [-0.1, -0.05) is 34.6 Å². The summed E-state index contributed by atoms with van der Waals surface area (Å²) in [4.78, 5) is 0. The van der Waals surface area contributed by atoms with E-state index in [0.717, 1.165) is 0 Å². The van der Waals surface area contributed by atoms with E-state index < -0.39 is 0 Å². The molecule has 0 rings (SSSR count). The van der Waals surface area contributed by atoms with Crippen LogP contribution in [0.4, 0.5) is 0 Å². The second kappa shape index (κ2) is 4.22. The molecule has 0 fully saturated rings. The lowest BCUT2D eigenvalue weighted by atomic mass is 9.61. The first-order valence-electron chi connectivity index (χ1n) is 5.87. The molecule has 0 aliphatic heterocycles. The molecule has 0 bridgehead atoms. The largest absolute Gasteiger partial charge is 0.325 e. The van der Waals surface area contributed by atoms with Crippen LogP contribution in [0.5, 0.6) is 0 Å². The highest BCUT2D eigenvalue weighted by Gasteiger charge is 2.41. The zero-order valence-corrected chi connectivity index (χ0v) is 11.2. The smallest absolute Gasteiger partial charge is 0.0154 e. The maximum atomic E-state index is 6.34. The summed E-state index contributed by atoms with van der Waals surface area (Å²) in [5, 5.41) is 0. The Kier molecular flexibility index (Phi) is 4.21. The van der Waals surface area contributed by atoms with E-state index in [1.54, 1.807) is 0 Å². The minimum atomic E-state index is -0.0796. The van der Waals surface area contributed by atoms with Crippen LogP contribution in [0.3, 0.4) is 0 Å². The van der Waals surface area contributed by atoms with Gasteiger partial charge in [0, 0.05) is 5.54 Å². The molecule has 0 spiro atoms. The first-order valence-corrected chi connectivity index (χ1v) is 5.87. The van der Waals surface area contributed by atoms with Crippen LogP contribution < -0.4 is 5.73 Å². The van der Waals surface area contributed by atoms with Gasteiger partial charge < -0.3 is 5.73 Å². The molecule has 1 nitrogen and oxygen atoms in total. The molecule has 2 N–H and O–H groups in total. The molecule has 0 unspecified atom stereocenters. The molecular formula is C13H29N. The lowest BCUT2D eigenvalue weighted by molar-refractivity contribution is 0.0729. The van der Waals surface area contributed by atoms with Gasteiger partial charge in [-0.25, -0.2) is 0 Å². The summed E-state index contributed by atoms with van der Waals surface area (Å²) in [7, 11) is 0. The predicted molar refractivity (Wildman–Crippen MR) is 65.4 cm³/mol. The standard InChI is InChI=1S/C13H29N/c1-8-13(9-2,12(6,7)14)10-11(3,4)5/h8-10,14H2,1-7H3. The van der Waals surface area contributed by atoms with Crippen LogP contribution in [0.15, 0.2) is 0 Å². The molecule has 0 atom stereocenters. The summed E-state index contributed by atoms with van der Waals surface area (Å²) < 4.78 is 0. The van der Waals surface area contributed by atoms with Crippen LogP contribution in [0.25, 0.3) is 0 Å². The highest BCUT2D eigenvalue weighted by Crippen LogP contribution is 2.45. The average molecular weight is 199 g/mol. The average Bonchev–Trinajstić information content (AvgIpc) is 1.96. The van der Waals surface area contributed by atoms with Gasteiger partial charge in [0.1, 0.15) is 0 Å². The molecule has 0 aliphatic rings. The van der Waals surface area contributed by atoms with Crippen molar-refractivity contribution < 1.29 is 0 Å². The van der Waals surface area contributed by atoms with Crippen molar-refractivity contribution in [3.05, 3.63) is 0 Å². The van der Waals surface area contributed by atoms with E-state index in [9.17, 15) is 0 Å². The summed E-state index contributed by atoms with van der Waals surface area (Å²) in [5.74, 6) is 0. The third kappa shape index (κ3) is 3.27. The molecule has 0 heterocycles. The van der Waals surface area contributed by atoms with Gasteiger partial charge in [-0.15, -0.1) is 0 Å². The topological polar surface area (TPSA) is 26.0 Å². The molecule has 0 saturated carbocycles. The number of hydrogen-bond donors (Lipinski definition) is 1. The zero-order valence-electron chi connectivity index (χ0n) is 11.2. The Morgan fingerprint density at radius 3 is 1.29 bits per heavy atom. The Morgan fingerprint density at radius 1 is 0.857 bits per heavy atom. The van der Waals surface area contributed by atoms with E-state index in [2.05, 4.69) is 48.5 Å². The Morgan fingerprint density at radius 2 is 1.21 bits per heavy atom. The van der Waals surface area contributed by atoms with Crippen molar-refractivity contribution in [3.63, 3.8) is 0 Å².